The number of allylic oxidation sites excluding steroid dienone is 1. The van der Waals surface area contributed by atoms with Crippen molar-refractivity contribution >= 4 is 17.8 Å². The fraction of sp³-hybridized carbons (Fsp3) is 0.640. The molecule has 0 aromatic carbocycles. The van der Waals surface area contributed by atoms with Gasteiger partial charge in [0.25, 0.3) is 11.9 Å². The van der Waals surface area contributed by atoms with Crippen LogP contribution in [0.1, 0.15) is 69.1 Å². The molecular weight excluding hydrogens is 489 g/mol. The van der Waals surface area contributed by atoms with E-state index in [9.17, 15) is 22.8 Å². The molecule has 1 atom stereocenters. The van der Waals surface area contributed by atoms with Crippen molar-refractivity contribution in [2.45, 2.75) is 70.8 Å². The smallest absolute Gasteiger partial charge is 0.417 e. The monoisotopic (exact) mass is 524 g/mol. The van der Waals surface area contributed by atoms with Gasteiger partial charge in [-0.3, -0.25) is 14.5 Å². The molecule has 0 spiro atoms. The van der Waals surface area contributed by atoms with E-state index in [0.717, 1.165) is 32.1 Å². The van der Waals surface area contributed by atoms with Crippen molar-refractivity contribution in [1.29, 1.82) is 0 Å². The van der Waals surface area contributed by atoms with Gasteiger partial charge in [-0.25, -0.2) is 0 Å². The highest BCUT2D eigenvalue weighted by Gasteiger charge is 2.42. The number of carbonyl (C=O) groups excluding carboxylic acids is 2. The maximum Gasteiger partial charge on any atom is 0.437 e. The standard InChI is InChI=1S/C25H35F3N6O3/c1-16(2)30-21(35)17-8-13-34(14-9-17)24(3)10-7-18(15-29-24)31-22(36)19-20(25(26,27)28)32-23(37-19)33-11-5-4-6-12-33/h7,10,15-17,29H,4-6,8-9,11-14H2,1-3H3,(H,30,35)(H,31,36). The molecule has 1 unspecified atom stereocenters. The van der Waals surface area contributed by atoms with Crippen LogP contribution in [0.3, 0.4) is 0 Å². The van der Waals surface area contributed by atoms with Crippen molar-refractivity contribution < 1.29 is 27.2 Å². The Morgan fingerprint density at radius 3 is 2.41 bits per heavy atom. The van der Waals surface area contributed by atoms with E-state index < -0.39 is 29.2 Å². The third-order valence-electron chi connectivity index (χ3n) is 7.04. The summed E-state index contributed by atoms with van der Waals surface area (Å²) in [5.41, 5.74) is -1.58. The number of halogens is 3. The Morgan fingerprint density at radius 2 is 1.84 bits per heavy atom. The van der Waals surface area contributed by atoms with Gasteiger partial charge in [-0.2, -0.15) is 18.2 Å². The van der Waals surface area contributed by atoms with Crippen LogP contribution < -0.4 is 20.9 Å². The van der Waals surface area contributed by atoms with Crippen LogP contribution in [0.15, 0.2) is 28.5 Å². The molecule has 9 nitrogen and oxygen atoms in total. The van der Waals surface area contributed by atoms with Crippen LogP contribution in [0.4, 0.5) is 19.2 Å². The molecule has 12 heteroatoms. The Hall–Kier alpha value is -3.02. The number of piperidine rings is 2. The van der Waals surface area contributed by atoms with E-state index in [4.69, 9.17) is 4.42 Å². The Balaban J connectivity index is 1.38. The van der Waals surface area contributed by atoms with E-state index in [1.165, 1.54) is 0 Å². The number of carbonyl (C=O) groups is 2. The van der Waals surface area contributed by atoms with Crippen LogP contribution in [0.2, 0.25) is 0 Å². The molecule has 3 N–H and O–H groups in total. The number of alkyl halides is 3. The van der Waals surface area contributed by atoms with Gasteiger partial charge in [0.2, 0.25) is 11.7 Å². The lowest BCUT2D eigenvalue weighted by atomic mass is 9.93. The third kappa shape index (κ3) is 6.28. The summed E-state index contributed by atoms with van der Waals surface area (Å²) in [4.78, 5) is 32.6. The number of amides is 2. The molecule has 37 heavy (non-hydrogen) atoms. The molecule has 0 bridgehead atoms. The maximum atomic E-state index is 13.6. The summed E-state index contributed by atoms with van der Waals surface area (Å²) in [5, 5.41) is 8.69. The van der Waals surface area contributed by atoms with Gasteiger partial charge in [0, 0.05) is 44.3 Å². The average molecular weight is 525 g/mol. The Bertz CT molecular complexity index is 1050. The predicted molar refractivity (Wildman–Crippen MR) is 131 cm³/mol. The first-order chi connectivity index (χ1) is 17.5. The minimum atomic E-state index is -4.82. The second kappa shape index (κ2) is 10.8. The second-order valence-corrected chi connectivity index (χ2v) is 10.3. The lowest BCUT2D eigenvalue weighted by Gasteiger charge is -2.44. The number of nitrogens with one attached hydrogen (secondary N) is 3. The normalized spacial score (nSPS) is 23.5. The zero-order valence-electron chi connectivity index (χ0n) is 21.5. The van der Waals surface area contributed by atoms with E-state index in [1.54, 1.807) is 17.2 Å². The largest absolute Gasteiger partial charge is 0.437 e. The highest BCUT2D eigenvalue weighted by Crippen LogP contribution is 2.35. The van der Waals surface area contributed by atoms with Gasteiger partial charge in [0.05, 0.1) is 5.70 Å². The zero-order chi connectivity index (χ0) is 26.8. The minimum Gasteiger partial charge on any atom is -0.417 e. The van der Waals surface area contributed by atoms with E-state index >= 15 is 0 Å². The van der Waals surface area contributed by atoms with Crippen molar-refractivity contribution in [3.05, 3.63) is 35.5 Å². The molecule has 3 aliphatic heterocycles. The molecule has 4 rings (SSSR count). The Labute approximate surface area is 214 Å². The highest BCUT2D eigenvalue weighted by molar-refractivity contribution is 5.94. The van der Waals surface area contributed by atoms with Crippen molar-refractivity contribution in [2.24, 2.45) is 5.92 Å². The molecule has 2 saturated heterocycles. The van der Waals surface area contributed by atoms with Crippen molar-refractivity contribution in [2.75, 3.05) is 31.1 Å². The lowest BCUT2D eigenvalue weighted by Crippen LogP contribution is -2.58. The van der Waals surface area contributed by atoms with Gasteiger partial charge in [0.15, 0.2) is 5.69 Å². The van der Waals surface area contributed by atoms with Crippen LogP contribution in [0, 0.1) is 5.92 Å². The molecule has 1 aromatic rings. The number of anilines is 1. The summed E-state index contributed by atoms with van der Waals surface area (Å²) in [6.07, 6.45) is 4.34. The number of dihydropyridines is 1. The molecule has 2 fully saturated rings. The molecule has 0 aliphatic carbocycles. The Kier molecular flexibility index (Phi) is 7.86. The number of nitrogens with zero attached hydrogens (tertiary/aromatic N) is 3. The van der Waals surface area contributed by atoms with Crippen LogP contribution in [-0.2, 0) is 11.0 Å². The van der Waals surface area contributed by atoms with Crippen molar-refractivity contribution in [1.82, 2.24) is 25.8 Å². The summed E-state index contributed by atoms with van der Waals surface area (Å²) in [7, 11) is 0. The molecule has 4 heterocycles. The summed E-state index contributed by atoms with van der Waals surface area (Å²) in [6.45, 7) is 8.32. The number of oxazole rings is 1. The first-order valence-electron chi connectivity index (χ1n) is 12.8. The fourth-order valence-corrected chi connectivity index (χ4v) is 4.92. The molecule has 3 aliphatic rings. The van der Waals surface area contributed by atoms with Crippen LogP contribution in [0.5, 0.6) is 0 Å². The highest BCUT2D eigenvalue weighted by atomic mass is 19.4. The quantitative estimate of drug-likeness (QED) is 0.525. The van der Waals surface area contributed by atoms with Gasteiger partial charge in [-0.05, 0) is 65.0 Å². The first kappa shape index (κ1) is 27.0. The SMILES string of the molecule is CC(C)NC(=O)C1CCN(C2(C)C=CC(NC(=O)c3oc(N4CCCCC4)nc3C(F)(F)F)=CN2)CC1. The molecule has 2 amide bonds. The van der Waals surface area contributed by atoms with Gasteiger partial charge in [-0.1, -0.05) is 0 Å². The number of hydrogen-bond donors (Lipinski definition) is 3. The maximum absolute atomic E-state index is 13.6. The Morgan fingerprint density at radius 1 is 1.16 bits per heavy atom. The zero-order valence-corrected chi connectivity index (χ0v) is 21.5. The van der Waals surface area contributed by atoms with Crippen molar-refractivity contribution in [3.63, 3.8) is 0 Å². The minimum absolute atomic E-state index is 0.0280. The number of rotatable bonds is 6. The van der Waals surface area contributed by atoms with E-state index in [-0.39, 0.29) is 23.9 Å². The second-order valence-electron chi connectivity index (χ2n) is 10.3. The van der Waals surface area contributed by atoms with Crippen LogP contribution in [-0.4, -0.2) is 59.6 Å². The molecule has 204 valence electrons. The summed E-state index contributed by atoms with van der Waals surface area (Å²) in [6, 6.07) is -0.0770. The van der Waals surface area contributed by atoms with E-state index in [1.807, 2.05) is 26.8 Å². The molecule has 0 radical (unpaired) electrons. The molecule has 0 saturated carbocycles. The van der Waals surface area contributed by atoms with Gasteiger partial charge >= 0.3 is 6.18 Å². The van der Waals surface area contributed by atoms with E-state index in [0.29, 0.717) is 31.9 Å². The fourth-order valence-electron chi connectivity index (χ4n) is 4.92. The van der Waals surface area contributed by atoms with Gasteiger partial charge in [0.1, 0.15) is 5.66 Å². The first-order valence-corrected chi connectivity index (χ1v) is 12.8. The third-order valence-corrected chi connectivity index (χ3v) is 7.04. The average Bonchev–Trinajstić information content (AvgIpc) is 3.32. The summed E-state index contributed by atoms with van der Waals surface area (Å²) >= 11 is 0. The van der Waals surface area contributed by atoms with Crippen LogP contribution in [0.25, 0.3) is 0 Å². The number of hydrogen-bond acceptors (Lipinski definition) is 7. The van der Waals surface area contributed by atoms with E-state index in [2.05, 4.69) is 25.8 Å². The molecule has 1 aromatic heterocycles. The van der Waals surface area contributed by atoms with Crippen LogP contribution >= 0.6 is 0 Å². The molecular formula is C25H35F3N6O3. The predicted octanol–water partition coefficient (Wildman–Crippen LogP) is 3.37. The summed E-state index contributed by atoms with van der Waals surface area (Å²) < 4.78 is 46.2. The lowest BCUT2D eigenvalue weighted by molar-refractivity contribution is -0.141. The number of aromatic nitrogens is 1. The number of likely N-dealkylation sites (tertiary alicyclic amines) is 1. The van der Waals surface area contributed by atoms with Gasteiger partial charge < -0.3 is 25.3 Å². The van der Waals surface area contributed by atoms with Gasteiger partial charge in [-0.15, -0.1) is 0 Å². The topological polar surface area (TPSA) is 103 Å². The van der Waals surface area contributed by atoms with Crippen molar-refractivity contribution in [3.8, 4) is 0 Å². The summed E-state index contributed by atoms with van der Waals surface area (Å²) in [5.74, 6) is -1.82.